The molecule has 3 rings (SSSR count). The summed E-state index contributed by atoms with van der Waals surface area (Å²) < 4.78 is 3.01. The molecule has 0 aliphatic rings. The lowest BCUT2D eigenvalue weighted by atomic mass is 10.4. The summed E-state index contributed by atoms with van der Waals surface area (Å²) in [6.07, 6.45) is 0. The van der Waals surface area contributed by atoms with Crippen molar-refractivity contribution in [2.75, 3.05) is 5.73 Å². The number of hydrogen-bond acceptors (Lipinski definition) is 5. The fraction of sp³-hybridized carbons (Fsp3) is 0.200. The first-order chi connectivity index (χ1) is 8.56. The third-order valence-corrected chi connectivity index (χ3v) is 2.68. The van der Waals surface area contributed by atoms with Crippen molar-refractivity contribution in [2.24, 2.45) is 0 Å². The summed E-state index contributed by atoms with van der Waals surface area (Å²) >= 11 is 0. The van der Waals surface area contributed by atoms with Crippen LogP contribution in [0.3, 0.4) is 0 Å². The molecule has 92 valence electrons. The number of nitrogen functional groups attached to an aromatic ring is 1. The first kappa shape index (κ1) is 10.5. The number of fused-ring (bicyclic) bond motifs is 1. The van der Waals surface area contributed by atoms with E-state index in [0.29, 0.717) is 23.1 Å². The Labute approximate surface area is 101 Å². The van der Waals surface area contributed by atoms with E-state index in [-0.39, 0.29) is 5.69 Å². The van der Waals surface area contributed by atoms with Gasteiger partial charge in [0.15, 0.2) is 11.5 Å². The van der Waals surface area contributed by atoms with E-state index in [9.17, 15) is 4.79 Å². The lowest BCUT2D eigenvalue weighted by Crippen LogP contribution is -2.14. The molecule has 3 heterocycles. The minimum atomic E-state index is -0.307. The first-order valence-electron chi connectivity index (χ1n) is 5.33. The van der Waals surface area contributed by atoms with Gasteiger partial charge in [-0.3, -0.25) is 0 Å². The van der Waals surface area contributed by atoms with Crippen LogP contribution in [-0.4, -0.2) is 29.4 Å². The molecule has 3 aromatic heterocycles. The molecule has 0 amide bonds. The molecule has 0 spiro atoms. The summed E-state index contributed by atoms with van der Waals surface area (Å²) in [5.74, 6) is 1.54. The van der Waals surface area contributed by atoms with Crippen molar-refractivity contribution in [2.45, 2.75) is 13.8 Å². The molecule has 0 saturated carbocycles. The minimum absolute atomic E-state index is 0.307. The average molecular weight is 245 g/mol. The normalized spacial score (nSPS) is 11.2. The largest absolute Gasteiger partial charge is 0.382 e. The Morgan fingerprint density at radius 3 is 2.78 bits per heavy atom. The highest BCUT2D eigenvalue weighted by Gasteiger charge is 2.10. The highest BCUT2D eigenvalue weighted by molar-refractivity contribution is 5.45. The van der Waals surface area contributed by atoms with Gasteiger partial charge >= 0.3 is 5.69 Å². The van der Waals surface area contributed by atoms with Gasteiger partial charge in [-0.15, -0.1) is 5.10 Å². The number of aromatic nitrogens is 6. The van der Waals surface area contributed by atoms with Crippen LogP contribution in [0.1, 0.15) is 11.5 Å². The zero-order chi connectivity index (χ0) is 12.9. The van der Waals surface area contributed by atoms with Crippen molar-refractivity contribution in [3.05, 3.63) is 34.1 Å². The second-order valence-electron chi connectivity index (χ2n) is 4.01. The number of rotatable bonds is 1. The number of aryl methyl sites for hydroxylation is 2. The summed E-state index contributed by atoms with van der Waals surface area (Å²) in [7, 11) is 0. The van der Waals surface area contributed by atoms with Gasteiger partial charge in [0.1, 0.15) is 11.6 Å². The summed E-state index contributed by atoms with van der Waals surface area (Å²) in [4.78, 5) is 15.8. The third kappa shape index (κ3) is 1.39. The second kappa shape index (κ2) is 3.42. The Morgan fingerprint density at radius 1 is 1.33 bits per heavy atom. The van der Waals surface area contributed by atoms with Crippen molar-refractivity contribution in [3.63, 3.8) is 0 Å². The van der Waals surface area contributed by atoms with Crippen molar-refractivity contribution < 1.29 is 0 Å². The molecule has 8 nitrogen and oxygen atoms in total. The molecular weight excluding hydrogens is 234 g/mol. The first-order valence-corrected chi connectivity index (χ1v) is 5.33. The molecule has 0 unspecified atom stereocenters. The van der Waals surface area contributed by atoms with Gasteiger partial charge in [0.25, 0.3) is 0 Å². The van der Waals surface area contributed by atoms with Gasteiger partial charge < -0.3 is 5.73 Å². The van der Waals surface area contributed by atoms with E-state index in [1.807, 2.05) is 6.92 Å². The van der Waals surface area contributed by atoms with E-state index in [1.165, 1.54) is 4.40 Å². The maximum Gasteiger partial charge on any atom is 0.349 e. The van der Waals surface area contributed by atoms with Crippen molar-refractivity contribution in [1.82, 2.24) is 29.4 Å². The topological polar surface area (TPSA) is 107 Å². The molecule has 0 aliphatic carbocycles. The fourth-order valence-electron chi connectivity index (χ4n) is 1.92. The predicted molar refractivity (Wildman–Crippen MR) is 64.6 cm³/mol. The molecule has 0 bridgehead atoms. The van der Waals surface area contributed by atoms with Crippen LogP contribution in [0.5, 0.6) is 0 Å². The molecule has 0 aliphatic heterocycles. The number of nitrogens with one attached hydrogen (secondary N) is 1. The summed E-state index contributed by atoms with van der Waals surface area (Å²) in [5.41, 5.74) is 6.69. The predicted octanol–water partition coefficient (Wildman–Crippen LogP) is -0.198. The number of aromatic amines is 1. The van der Waals surface area contributed by atoms with Crippen LogP contribution in [-0.2, 0) is 0 Å². The molecule has 0 saturated heterocycles. The minimum Gasteiger partial charge on any atom is -0.382 e. The monoisotopic (exact) mass is 245 g/mol. The van der Waals surface area contributed by atoms with Crippen LogP contribution in [0.4, 0.5) is 5.82 Å². The lowest BCUT2D eigenvalue weighted by Gasteiger charge is -2.05. The van der Waals surface area contributed by atoms with Gasteiger partial charge in [0, 0.05) is 17.8 Å². The number of hydrogen-bond donors (Lipinski definition) is 2. The standard InChI is InChI=1S/C10H11N7O/c1-5-3-7(11)15-17(5)8-4-9-13-14-10(18)16(9)6(2)12-8/h3-4H,1-2H3,(H2,11,15)(H,14,18). The summed E-state index contributed by atoms with van der Waals surface area (Å²) in [6, 6.07) is 3.42. The maximum absolute atomic E-state index is 11.5. The van der Waals surface area contributed by atoms with Crippen molar-refractivity contribution >= 4 is 11.5 Å². The van der Waals surface area contributed by atoms with Crippen LogP contribution in [0, 0.1) is 13.8 Å². The Balaban J connectivity index is 2.31. The SMILES string of the molecule is Cc1cc(N)nn1-c1cc2n[nH]c(=O)n2c(C)n1. The fourth-order valence-corrected chi connectivity index (χ4v) is 1.92. The molecule has 3 N–H and O–H groups in total. The van der Waals surface area contributed by atoms with Gasteiger partial charge in [0.2, 0.25) is 0 Å². The molecule has 18 heavy (non-hydrogen) atoms. The summed E-state index contributed by atoms with van der Waals surface area (Å²) in [5, 5.41) is 10.4. The Kier molecular flexibility index (Phi) is 2.00. The van der Waals surface area contributed by atoms with E-state index >= 15 is 0 Å². The number of nitrogens with two attached hydrogens (primary N) is 1. The van der Waals surface area contributed by atoms with Gasteiger partial charge in [-0.2, -0.15) is 5.10 Å². The number of anilines is 1. The third-order valence-electron chi connectivity index (χ3n) is 2.68. The van der Waals surface area contributed by atoms with Crippen LogP contribution >= 0.6 is 0 Å². The highest BCUT2D eigenvalue weighted by Crippen LogP contribution is 2.12. The molecule has 0 radical (unpaired) electrons. The summed E-state index contributed by atoms with van der Waals surface area (Å²) in [6.45, 7) is 3.61. The maximum atomic E-state index is 11.5. The molecular formula is C10H11N7O. The molecule has 0 aromatic carbocycles. The zero-order valence-electron chi connectivity index (χ0n) is 9.88. The van der Waals surface area contributed by atoms with E-state index in [0.717, 1.165) is 5.69 Å². The van der Waals surface area contributed by atoms with Gasteiger partial charge in [-0.05, 0) is 13.8 Å². The smallest absolute Gasteiger partial charge is 0.349 e. The average Bonchev–Trinajstić information content (AvgIpc) is 2.82. The molecule has 0 fully saturated rings. The van der Waals surface area contributed by atoms with Crippen LogP contribution in [0.15, 0.2) is 16.9 Å². The molecule has 0 atom stereocenters. The van der Waals surface area contributed by atoms with Crippen molar-refractivity contribution in [1.29, 1.82) is 0 Å². The van der Waals surface area contributed by atoms with E-state index < -0.39 is 0 Å². The lowest BCUT2D eigenvalue weighted by molar-refractivity contribution is 0.798. The molecule has 8 heteroatoms. The quantitative estimate of drug-likeness (QED) is 0.617. The Bertz CT molecular complexity index is 794. The van der Waals surface area contributed by atoms with Gasteiger partial charge in [-0.25, -0.2) is 24.0 Å². The van der Waals surface area contributed by atoms with E-state index in [1.54, 1.807) is 23.7 Å². The van der Waals surface area contributed by atoms with E-state index in [2.05, 4.69) is 20.3 Å². The van der Waals surface area contributed by atoms with Crippen LogP contribution in [0.2, 0.25) is 0 Å². The molecule has 3 aromatic rings. The van der Waals surface area contributed by atoms with Crippen molar-refractivity contribution in [3.8, 4) is 5.82 Å². The zero-order valence-corrected chi connectivity index (χ0v) is 9.88. The van der Waals surface area contributed by atoms with Crippen LogP contribution < -0.4 is 11.4 Å². The number of nitrogens with zero attached hydrogens (tertiary/aromatic N) is 5. The Hall–Kier alpha value is -2.64. The number of H-pyrrole nitrogens is 1. The van der Waals surface area contributed by atoms with E-state index in [4.69, 9.17) is 5.73 Å². The Morgan fingerprint density at radius 2 is 2.11 bits per heavy atom. The van der Waals surface area contributed by atoms with Gasteiger partial charge in [-0.1, -0.05) is 0 Å². The van der Waals surface area contributed by atoms with Crippen LogP contribution in [0.25, 0.3) is 11.5 Å². The van der Waals surface area contributed by atoms with Gasteiger partial charge in [0.05, 0.1) is 0 Å². The second-order valence-corrected chi connectivity index (χ2v) is 4.01. The highest BCUT2D eigenvalue weighted by atomic mass is 16.1.